The summed E-state index contributed by atoms with van der Waals surface area (Å²) in [4.78, 5) is 2.40. The molecule has 0 aromatic heterocycles. The Morgan fingerprint density at radius 1 is 1.10 bits per heavy atom. The quantitative estimate of drug-likeness (QED) is 0.886. The van der Waals surface area contributed by atoms with E-state index in [9.17, 15) is 10.2 Å². The molecule has 4 atom stereocenters. The maximum atomic E-state index is 10.4. The lowest BCUT2D eigenvalue weighted by Crippen LogP contribution is -2.40. The zero-order chi connectivity index (χ0) is 13.9. The van der Waals surface area contributed by atoms with Crippen molar-refractivity contribution < 1.29 is 10.2 Å². The van der Waals surface area contributed by atoms with Crippen LogP contribution in [-0.2, 0) is 0 Å². The molecule has 2 N–H and O–H groups in total. The first-order valence-corrected chi connectivity index (χ1v) is 7.91. The number of aliphatic hydroxyl groups excluding tert-OH is 2. The fourth-order valence-corrected chi connectivity index (χ4v) is 3.98. The molecule has 1 saturated heterocycles. The Bertz CT molecular complexity index is 422. The highest BCUT2D eigenvalue weighted by Crippen LogP contribution is 2.36. The number of nitrogens with zero attached hydrogens (tertiary/aromatic N) is 1. The molecule has 1 aliphatic carbocycles. The third-order valence-electron chi connectivity index (χ3n) is 5.03. The molecule has 0 amide bonds. The van der Waals surface area contributed by atoms with Gasteiger partial charge in [0.2, 0.25) is 0 Å². The number of hydrogen-bond donors (Lipinski definition) is 2. The van der Waals surface area contributed by atoms with Crippen molar-refractivity contribution >= 4 is 0 Å². The maximum absolute atomic E-state index is 10.4. The van der Waals surface area contributed by atoms with E-state index in [1.54, 1.807) is 0 Å². The number of hydrogen-bond acceptors (Lipinski definition) is 3. The summed E-state index contributed by atoms with van der Waals surface area (Å²) in [5.41, 5.74) is 0.991. The second kappa shape index (κ2) is 6.25. The molecule has 20 heavy (non-hydrogen) atoms. The number of rotatable bonds is 4. The lowest BCUT2D eigenvalue weighted by molar-refractivity contribution is 0.0477. The molecule has 2 aliphatic rings. The van der Waals surface area contributed by atoms with Crippen LogP contribution in [0.3, 0.4) is 0 Å². The SMILES string of the molecule is OC(CN1CCCC1C1CCCC1O)c1ccccc1. The lowest BCUT2D eigenvalue weighted by Gasteiger charge is -2.32. The van der Waals surface area contributed by atoms with Crippen LogP contribution in [0.2, 0.25) is 0 Å². The smallest absolute Gasteiger partial charge is 0.0917 e. The average Bonchev–Trinajstić information content (AvgIpc) is 3.08. The van der Waals surface area contributed by atoms with E-state index >= 15 is 0 Å². The first kappa shape index (κ1) is 14.1. The molecule has 0 radical (unpaired) electrons. The normalized spacial score (nSPS) is 32.6. The summed E-state index contributed by atoms with van der Waals surface area (Å²) in [6, 6.07) is 10.4. The van der Waals surface area contributed by atoms with Gasteiger partial charge in [0.1, 0.15) is 0 Å². The highest BCUT2D eigenvalue weighted by molar-refractivity contribution is 5.17. The van der Waals surface area contributed by atoms with Gasteiger partial charge >= 0.3 is 0 Å². The molecule has 3 heteroatoms. The van der Waals surface area contributed by atoms with E-state index in [0.717, 1.165) is 31.4 Å². The van der Waals surface area contributed by atoms with Gasteiger partial charge in [0.05, 0.1) is 12.2 Å². The third kappa shape index (κ3) is 2.90. The first-order valence-electron chi connectivity index (χ1n) is 7.91. The zero-order valence-corrected chi connectivity index (χ0v) is 12.0. The Hall–Kier alpha value is -0.900. The second-order valence-electron chi connectivity index (χ2n) is 6.29. The van der Waals surface area contributed by atoms with Crippen molar-refractivity contribution in [1.29, 1.82) is 0 Å². The van der Waals surface area contributed by atoms with E-state index in [-0.39, 0.29) is 6.10 Å². The number of likely N-dealkylation sites (tertiary alicyclic amines) is 1. The minimum absolute atomic E-state index is 0.130. The van der Waals surface area contributed by atoms with E-state index in [1.807, 2.05) is 30.3 Å². The van der Waals surface area contributed by atoms with E-state index in [2.05, 4.69) is 4.90 Å². The first-order chi connectivity index (χ1) is 9.75. The largest absolute Gasteiger partial charge is 0.393 e. The molecule has 4 unspecified atom stereocenters. The Kier molecular flexibility index (Phi) is 4.39. The van der Waals surface area contributed by atoms with Crippen LogP contribution in [0.4, 0.5) is 0 Å². The number of benzene rings is 1. The molecule has 3 nitrogen and oxygen atoms in total. The minimum Gasteiger partial charge on any atom is -0.393 e. The Morgan fingerprint density at radius 3 is 2.60 bits per heavy atom. The van der Waals surface area contributed by atoms with Gasteiger partial charge < -0.3 is 10.2 Å². The average molecular weight is 275 g/mol. The van der Waals surface area contributed by atoms with E-state index in [0.29, 0.717) is 18.5 Å². The fourth-order valence-electron chi connectivity index (χ4n) is 3.98. The molecule has 0 spiro atoms. The van der Waals surface area contributed by atoms with Crippen molar-refractivity contribution in [3.8, 4) is 0 Å². The molecule has 1 saturated carbocycles. The van der Waals surface area contributed by atoms with Gasteiger partial charge in [-0.25, -0.2) is 0 Å². The molecule has 1 aromatic carbocycles. The van der Waals surface area contributed by atoms with Crippen molar-refractivity contribution in [3.63, 3.8) is 0 Å². The van der Waals surface area contributed by atoms with Crippen molar-refractivity contribution in [2.24, 2.45) is 5.92 Å². The molecule has 1 aliphatic heterocycles. The topological polar surface area (TPSA) is 43.7 Å². The molecule has 1 aromatic rings. The summed E-state index contributed by atoms with van der Waals surface area (Å²) in [6.07, 6.45) is 5.06. The van der Waals surface area contributed by atoms with Crippen LogP contribution in [0.15, 0.2) is 30.3 Å². The highest BCUT2D eigenvalue weighted by Gasteiger charge is 2.38. The van der Waals surface area contributed by atoms with Crippen LogP contribution >= 0.6 is 0 Å². The Labute approximate surface area is 121 Å². The molecule has 1 heterocycles. The van der Waals surface area contributed by atoms with Crippen molar-refractivity contribution in [1.82, 2.24) is 4.90 Å². The van der Waals surface area contributed by atoms with Crippen LogP contribution in [0.25, 0.3) is 0 Å². The van der Waals surface area contributed by atoms with Crippen LogP contribution in [-0.4, -0.2) is 40.3 Å². The number of aliphatic hydroxyl groups is 2. The Balaban J connectivity index is 1.64. The molecular weight excluding hydrogens is 250 g/mol. The standard InChI is InChI=1S/C17H25NO2/c19-16-10-4-8-14(16)15-9-5-11-18(15)12-17(20)13-6-2-1-3-7-13/h1-3,6-7,14-17,19-20H,4-5,8-12H2. The van der Waals surface area contributed by atoms with Crippen LogP contribution in [0.5, 0.6) is 0 Å². The van der Waals surface area contributed by atoms with Gasteiger partial charge in [-0.3, -0.25) is 4.90 Å². The molecule has 110 valence electrons. The van der Waals surface area contributed by atoms with Gasteiger partial charge in [-0.05, 0) is 37.8 Å². The van der Waals surface area contributed by atoms with Gasteiger partial charge in [-0.2, -0.15) is 0 Å². The van der Waals surface area contributed by atoms with E-state index in [1.165, 1.54) is 12.8 Å². The summed E-state index contributed by atoms with van der Waals surface area (Å²) in [5, 5.41) is 20.5. The van der Waals surface area contributed by atoms with E-state index in [4.69, 9.17) is 0 Å². The van der Waals surface area contributed by atoms with Gasteiger partial charge in [0.25, 0.3) is 0 Å². The summed E-state index contributed by atoms with van der Waals surface area (Å²) in [7, 11) is 0. The highest BCUT2D eigenvalue weighted by atomic mass is 16.3. The van der Waals surface area contributed by atoms with Crippen LogP contribution in [0.1, 0.15) is 43.8 Å². The van der Waals surface area contributed by atoms with Crippen LogP contribution < -0.4 is 0 Å². The van der Waals surface area contributed by atoms with Crippen molar-refractivity contribution in [3.05, 3.63) is 35.9 Å². The minimum atomic E-state index is -0.421. The van der Waals surface area contributed by atoms with Crippen LogP contribution in [0, 0.1) is 5.92 Å². The third-order valence-corrected chi connectivity index (χ3v) is 5.03. The number of β-amino-alcohol motifs (C(OH)–C–C–N with tert-alkyl or cyclic N) is 1. The second-order valence-corrected chi connectivity index (χ2v) is 6.29. The summed E-state index contributed by atoms with van der Waals surface area (Å²) < 4.78 is 0. The predicted octanol–water partition coefficient (Wildman–Crippen LogP) is 2.35. The molecule has 0 bridgehead atoms. The predicted molar refractivity (Wildman–Crippen MR) is 79.3 cm³/mol. The molecular formula is C17H25NO2. The van der Waals surface area contributed by atoms with Crippen molar-refractivity contribution in [2.45, 2.75) is 50.4 Å². The summed E-state index contributed by atoms with van der Waals surface area (Å²) in [5.74, 6) is 0.417. The van der Waals surface area contributed by atoms with Gasteiger partial charge in [0.15, 0.2) is 0 Å². The Morgan fingerprint density at radius 2 is 1.90 bits per heavy atom. The monoisotopic (exact) mass is 275 g/mol. The van der Waals surface area contributed by atoms with Gasteiger partial charge in [-0.15, -0.1) is 0 Å². The summed E-state index contributed by atoms with van der Waals surface area (Å²) >= 11 is 0. The zero-order valence-electron chi connectivity index (χ0n) is 12.0. The molecule has 3 rings (SSSR count). The van der Waals surface area contributed by atoms with E-state index < -0.39 is 6.10 Å². The van der Waals surface area contributed by atoms with Gasteiger partial charge in [0, 0.05) is 18.5 Å². The summed E-state index contributed by atoms with van der Waals surface area (Å²) in [6.45, 7) is 1.75. The molecule has 2 fully saturated rings. The van der Waals surface area contributed by atoms with Crippen molar-refractivity contribution in [2.75, 3.05) is 13.1 Å². The maximum Gasteiger partial charge on any atom is 0.0917 e. The van der Waals surface area contributed by atoms with Gasteiger partial charge in [-0.1, -0.05) is 36.8 Å². The lowest BCUT2D eigenvalue weighted by atomic mass is 9.93. The fraction of sp³-hybridized carbons (Fsp3) is 0.647.